The van der Waals surface area contributed by atoms with Crippen molar-refractivity contribution in [2.45, 2.75) is 6.61 Å². The van der Waals surface area contributed by atoms with Gasteiger partial charge in [-0.3, -0.25) is 4.79 Å². The number of benzene rings is 2. The molecule has 0 heterocycles. The van der Waals surface area contributed by atoms with E-state index < -0.39 is 6.09 Å². The van der Waals surface area contributed by atoms with E-state index in [1.807, 2.05) is 30.3 Å². The van der Waals surface area contributed by atoms with E-state index in [1.54, 1.807) is 0 Å². The number of carbonyl (C=O) groups excluding carboxylic acids is 2. The zero-order valence-corrected chi connectivity index (χ0v) is 13.6. The first-order valence-corrected chi connectivity index (χ1v) is 7.44. The number of aromatic hydroxyl groups is 1. The van der Waals surface area contributed by atoms with Gasteiger partial charge in [-0.15, -0.1) is 0 Å². The number of alkyl carbamates (subject to hydrolysis) is 1. The Kier molecular flexibility index (Phi) is 6.43. The number of nitrogens with one attached hydrogen (secondary N) is 1. The summed E-state index contributed by atoms with van der Waals surface area (Å²) in [4.78, 5) is 22.6. The molecule has 128 valence electrons. The standard InChI is InChI=1S/C19H17NO5/c1-24-17-10-9-15(12-21)16(18(17)22)8-5-11-20-19(23)25-13-14-6-3-2-4-7-14/h2-4,6-7,9-10,12,22H,11,13H2,1H3,(H,20,23). The van der Waals surface area contributed by atoms with Gasteiger partial charge in [-0.05, 0) is 17.7 Å². The summed E-state index contributed by atoms with van der Waals surface area (Å²) in [5, 5.41) is 12.5. The van der Waals surface area contributed by atoms with Gasteiger partial charge in [0, 0.05) is 5.56 Å². The van der Waals surface area contributed by atoms with Gasteiger partial charge in [-0.2, -0.15) is 0 Å². The zero-order valence-electron chi connectivity index (χ0n) is 13.6. The van der Waals surface area contributed by atoms with E-state index in [1.165, 1.54) is 19.2 Å². The number of methoxy groups -OCH3 is 1. The Morgan fingerprint density at radius 3 is 2.68 bits per heavy atom. The predicted octanol–water partition coefficient (Wildman–Crippen LogP) is 2.49. The first-order chi connectivity index (χ1) is 12.2. The molecule has 1 amide bonds. The summed E-state index contributed by atoms with van der Waals surface area (Å²) in [7, 11) is 1.40. The Hall–Kier alpha value is -3.46. The molecule has 2 aromatic carbocycles. The van der Waals surface area contributed by atoms with Crippen LogP contribution in [0.4, 0.5) is 4.79 Å². The van der Waals surface area contributed by atoms with Crippen LogP contribution in [-0.2, 0) is 11.3 Å². The lowest BCUT2D eigenvalue weighted by atomic mass is 10.1. The first-order valence-electron chi connectivity index (χ1n) is 7.44. The Bertz CT molecular complexity index is 806. The van der Waals surface area contributed by atoms with Gasteiger partial charge in [0.25, 0.3) is 0 Å². The van der Waals surface area contributed by atoms with E-state index in [2.05, 4.69) is 17.2 Å². The van der Waals surface area contributed by atoms with Crippen LogP contribution in [0, 0.1) is 11.8 Å². The Morgan fingerprint density at radius 2 is 2.00 bits per heavy atom. The van der Waals surface area contributed by atoms with E-state index in [-0.39, 0.29) is 35.8 Å². The highest BCUT2D eigenvalue weighted by atomic mass is 16.5. The largest absolute Gasteiger partial charge is 0.503 e. The molecule has 2 rings (SSSR count). The lowest BCUT2D eigenvalue weighted by molar-refractivity contribution is 0.112. The summed E-state index contributed by atoms with van der Waals surface area (Å²) in [5.41, 5.74) is 1.26. The summed E-state index contributed by atoms with van der Waals surface area (Å²) >= 11 is 0. The number of hydrogen-bond acceptors (Lipinski definition) is 5. The highest BCUT2D eigenvalue weighted by Crippen LogP contribution is 2.30. The maximum absolute atomic E-state index is 11.6. The van der Waals surface area contributed by atoms with Gasteiger partial charge in [0.2, 0.25) is 0 Å². The van der Waals surface area contributed by atoms with Crippen molar-refractivity contribution in [3.8, 4) is 23.3 Å². The molecular weight excluding hydrogens is 322 g/mol. The van der Waals surface area contributed by atoms with E-state index in [4.69, 9.17) is 9.47 Å². The number of ether oxygens (including phenoxy) is 2. The Morgan fingerprint density at radius 1 is 1.24 bits per heavy atom. The minimum atomic E-state index is -0.608. The molecule has 0 saturated heterocycles. The van der Waals surface area contributed by atoms with Gasteiger partial charge < -0.3 is 19.9 Å². The fraction of sp³-hybridized carbons (Fsp3) is 0.158. The quantitative estimate of drug-likeness (QED) is 0.646. The third kappa shape index (κ3) is 5.01. The molecule has 0 unspecified atom stereocenters. The molecule has 0 radical (unpaired) electrons. The maximum Gasteiger partial charge on any atom is 0.408 e. The summed E-state index contributed by atoms with van der Waals surface area (Å²) in [6.07, 6.45) is -0.0197. The molecule has 6 heteroatoms. The molecule has 6 nitrogen and oxygen atoms in total. The normalized spacial score (nSPS) is 9.48. The molecule has 0 aliphatic carbocycles. The fourth-order valence-corrected chi connectivity index (χ4v) is 2.01. The predicted molar refractivity (Wildman–Crippen MR) is 91.6 cm³/mol. The smallest absolute Gasteiger partial charge is 0.408 e. The second kappa shape index (κ2) is 8.99. The molecule has 0 saturated carbocycles. The second-order valence-corrected chi connectivity index (χ2v) is 4.92. The number of aldehydes is 1. The summed E-state index contributed by atoms with van der Waals surface area (Å²) in [5.74, 6) is 5.31. The van der Waals surface area contributed by atoms with Crippen LogP contribution in [0.5, 0.6) is 11.5 Å². The SMILES string of the molecule is COc1ccc(C=O)c(C#CCNC(=O)OCc2ccccc2)c1O. The fourth-order valence-electron chi connectivity index (χ4n) is 2.01. The van der Waals surface area contributed by atoms with Gasteiger partial charge >= 0.3 is 6.09 Å². The van der Waals surface area contributed by atoms with Crippen LogP contribution in [0.2, 0.25) is 0 Å². The highest BCUT2D eigenvalue weighted by Gasteiger charge is 2.10. The molecule has 0 aliphatic rings. The molecule has 0 atom stereocenters. The molecular formula is C19H17NO5. The Balaban J connectivity index is 1.92. The number of phenolic OH excluding ortho intramolecular Hbond substituents is 1. The maximum atomic E-state index is 11.6. The first kappa shape index (κ1) is 17.9. The van der Waals surface area contributed by atoms with E-state index in [0.29, 0.717) is 6.29 Å². The van der Waals surface area contributed by atoms with E-state index in [9.17, 15) is 14.7 Å². The summed E-state index contributed by atoms with van der Waals surface area (Å²) < 4.78 is 10.0. The van der Waals surface area contributed by atoms with E-state index >= 15 is 0 Å². The number of carbonyl (C=O) groups is 2. The van der Waals surface area contributed by atoms with Crippen LogP contribution >= 0.6 is 0 Å². The minimum absolute atomic E-state index is 0.00255. The van der Waals surface area contributed by atoms with Crippen LogP contribution in [0.25, 0.3) is 0 Å². The van der Waals surface area contributed by atoms with Crippen molar-refractivity contribution in [1.29, 1.82) is 0 Å². The molecule has 0 fully saturated rings. The topological polar surface area (TPSA) is 84.9 Å². The van der Waals surface area contributed by atoms with Crippen molar-refractivity contribution in [3.63, 3.8) is 0 Å². The average Bonchev–Trinajstić information content (AvgIpc) is 2.65. The van der Waals surface area contributed by atoms with Gasteiger partial charge in [-0.1, -0.05) is 42.2 Å². The molecule has 0 aliphatic heterocycles. The average molecular weight is 339 g/mol. The molecule has 0 aromatic heterocycles. The molecule has 0 bridgehead atoms. The van der Waals surface area contributed by atoms with Crippen LogP contribution in [-0.4, -0.2) is 31.1 Å². The van der Waals surface area contributed by atoms with Crippen molar-refractivity contribution in [2.24, 2.45) is 0 Å². The number of phenols is 1. The third-order valence-corrected chi connectivity index (χ3v) is 3.27. The Labute approximate surface area is 145 Å². The number of hydrogen-bond donors (Lipinski definition) is 2. The summed E-state index contributed by atoms with van der Waals surface area (Å²) in [6.45, 7) is 0.161. The number of rotatable bonds is 5. The van der Waals surface area contributed by atoms with Crippen LogP contribution in [0.1, 0.15) is 21.5 Å². The molecule has 0 spiro atoms. The van der Waals surface area contributed by atoms with Gasteiger partial charge in [0.1, 0.15) is 6.61 Å². The summed E-state index contributed by atoms with van der Waals surface area (Å²) in [6, 6.07) is 12.3. The highest BCUT2D eigenvalue weighted by molar-refractivity contribution is 5.82. The molecule has 25 heavy (non-hydrogen) atoms. The number of amides is 1. The van der Waals surface area contributed by atoms with Crippen LogP contribution in [0.15, 0.2) is 42.5 Å². The second-order valence-electron chi connectivity index (χ2n) is 4.92. The third-order valence-electron chi connectivity index (χ3n) is 3.27. The molecule has 2 aromatic rings. The lowest BCUT2D eigenvalue weighted by Crippen LogP contribution is -2.24. The van der Waals surface area contributed by atoms with Gasteiger partial charge in [-0.25, -0.2) is 4.79 Å². The lowest BCUT2D eigenvalue weighted by Gasteiger charge is -2.06. The zero-order chi connectivity index (χ0) is 18.1. The van der Waals surface area contributed by atoms with Crippen molar-refractivity contribution in [2.75, 3.05) is 13.7 Å². The van der Waals surface area contributed by atoms with Gasteiger partial charge in [0.15, 0.2) is 17.8 Å². The van der Waals surface area contributed by atoms with Crippen LogP contribution < -0.4 is 10.1 Å². The van der Waals surface area contributed by atoms with Crippen molar-refractivity contribution in [3.05, 3.63) is 59.2 Å². The van der Waals surface area contributed by atoms with Crippen molar-refractivity contribution >= 4 is 12.4 Å². The van der Waals surface area contributed by atoms with Crippen LogP contribution in [0.3, 0.4) is 0 Å². The van der Waals surface area contributed by atoms with Crippen molar-refractivity contribution in [1.82, 2.24) is 5.32 Å². The van der Waals surface area contributed by atoms with E-state index in [0.717, 1.165) is 5.56 Å². The molecule has 2 N–H and O–H groups in total. The minimum Gasteiger partial charge on any atom is -0.503 e. The van der Waals surface area contributed by atoms with Crippen molar-refractivity contribution < 1.29 is 24.2 Å². The van der Waals surface area contributed by atoms with Gasteiger partial charge in [0.05, 0.1) is 19.2 Å². The monoisotopic (exact) mass is 339 g/mol.